The van der Waals surface area contributed by atoms with E-state index in [2.05, 4.69) is 25.4 Å². The van der Waals surface area contributed by atoms with Crippen LogP contribution in [0.3, 0.4) is 0 Å². The molecule has 0 saturated heterocycles. The third-order valence-electron chi connectivity index (χ3n) is 6.07. The van der Waals surface area contributed by atoms with Crippen LogP contribution in [0.25, 0.3) is 0 Å². The molecule has 0 bridgehead atoms. The summed E-state index contributed by atoms with van der Waals surface area (Å²) < 4.78 is 0. The largest absolute Gasteiger partial charge is 0.241 e. The Hall–Kier alpha value is -0.890. The van der Waals surface area contributed by atoms with Gasteiger partial charge >= 0.3 is 0 Å². The molecule has 1 aromatic rings. The quantitative estimate of drug-likeness (QED) is 0.657. The summed E-state index contributed by atoms with van der Waals surface area (Å²) in [5.41, 5.74) is 3.03. The molecule has 2 saturated carbocycles. The first-order valence-electron chi connectivity index (χ1n) is 9.38. The minimum absolute atomic E-state index is 0.542. The SMILES string of the molecule is CC[C@H]1CC[C@H](c2cnc([C@H]3CC[C@H](/C=C/Cl)CC3)nc2)CC1. The van der Waals surface area contributed by atoms with Gasteiger partial charge in [-0.3, -0.25) is 0 Å². The van der Waals surface area contributed by atoms with E-state index in [-0.39, 0.29) is 0 Å². The molecule has 0 amide bonds. The summed E-state index contributed by atoms with van der Waals surface area (Å²) in [4.78, 5) is 9.47. The van der Waals surface area contributed by atoms with Crippen LogP contribution in [0.2, 0.25) is 0 Å². The summed E-state index contributed by atoms with van der Waals surface area (Å²) in [5.74, 6) is 3.89. The third-order valence-corrected chi connectivity index (χ3v) is 6.21. The van der Waals surface area contributed by atoms with Crippen LogP contribution in [-0.2, 0) is 0 Å². The summed E-state index contributed by atoms with van der Waals surface area (Å²) in [6.45, 7) is 2.32. The average Bonchev–Trinajstić information content (AvgIpc) is 2.63. The molecule has 2 aliphatic carbocycles. The van der Waals surface area contributed by atoms with E-state index in [1.165, 1.54) is 63.4 Å². The van der Waals surface area contributed by atoms with Crippen LogP contribution in [-0.4, -0.2) is 9.97 Å². The Labute approximate surface area is 145 Å². The van der Waals surface area contributed by atoms with E-state index < -0.39 is 0 Å². The van der Waals surface area contributed by atoms with Crippen LogP contribution in [0.1, 0.15) is 87.9 Å². The minimum Gasteiger partial charge on any atom is -0.241 e. The molecule has 2 fully saturated rings. The Morgan fingerprint density at radius 2 is 1.57 bits per heavy atom. The van der Waals surface area contributed by atoms with Gasteiger partial charge in [0, 0.05) is 23.8 Å². The van der Waals surface area contributed by atoms with E-state index in [1.54, 1.807) is 5.54 Å². The zero-order valence-electron chi connectivity index (χ0n) is 14.3. The molecule has 3 heteroatoms. The number of rotatable bonds is 4. The molecule has 1 aromatic heterocycles. The molecule has 0 radical (unpaired) electrons. The minimum atomic E-state index is 0.542. The lowest BCUT2D eigenvalue weighted by Crippen LogP contribution is -2.16. The Morgan fingerprint density at radius 1 is 0.957 bits per heavy atom. The molecule has 0 atom stereocenters. The fourth-order valence-corrected chi connectivity index (χ4v) is 4.55. The van der Waals surface area contributed by atoms with Crippen molar-refractivity contribution in [2.45, 2.75) is 76.5 Å². The van der Waals surface area contributed by atoms with Crippen LogP contribution >= 0.6 is 11.6 Å². The summed E-state index contributed by atoms with van der Waals surface area (Å²) in [5, 5.41) is 0. The molecule has 3 rings (SSSR count). The predicted molar refractivity (Wildman–Crippen MR) is 96.7 cm³/mol. The first-order valence-corrected chi connectivity index (χ1v) is 9.82. The highest BCUT2D eigenvalue weighted by Gasteiger charge is 2.24. The van der Waals surface area contributed by atoms with Crippen molar-refractivity contribution in [3.05, 3.63) is 35.4 Å². The van der Waals surface area contributed by atoms with Crippen LogP contribution in [0, 0.1) is 11.8 Å². The lowest BCUT2D eigenvalue weighted by Gasteiger charge is -2.28. The van der Waals surface area contributed by atoms with Crippen molar-refractivity contribution in [1.29, 1.82) is 0 Å². The normalized spacial score (nSPS) is 32.3. The molecular weight excluding hydrogens is 304 g/mol. The fourth-order valence-electron chi connectivity index (χ4n) is 4.35. The van der Waals surface area contributed by atoms with Crippen molar-refractivity contribution in [3.63, 3.8) is 0 Å². The maximum atomic E-state index is 5.69. The molecule has 23 heavy (non-hydrogen) atoms. The topological polar surface area (TPSA) is 25.8 Å². The summed E-state index contributed by atoms with van der Waals surface area (Å²) in [6.07, 6.45) is 17.9. The molecule has 0 spiro atoms. The predicted octanol–water partition coefficient (Wildman–Crippen LogP) is 6.19. The molecule has 0 unspecified atom stereocenters. The van der Waals surface area contributed by atoms with Gasteiger partial charge in [-0.05, 0) is 74.7 Å². The number of hydrogen-bond acceptors (Lipinski definition) is 2. The Morgan fingerprint density at radius 3 is 2.13 bits per heavy atom. The van der Waals surface area contributed by atoms with Crippen LogP contribution < -0.4 is 0 Å². The highest BCUT2D eigenvalue weighted by molar-refractivity contribution is 6.25. The van der Waals surface area contributed by atoms with E-state index in [4.69, 9.17) is 21.6 Å². The van der Waals surface area contributed by atoms with Crippen LogP contribution in [0.5, 0.6) is 0 Å². The van der Waals surface area contributed by atoms with E-state index >= 15 is 0 Å². The van der Waals surface area contributed by atoms with E-state index in [9.17, 15) is 0 Å². The van der Waals surface area contributed by atoms with Gasteiger partial charge in [0.2, 0.25) is 0 Å². The molecule has 2 nitrogen and oxygen atoms in total. The molecule has 0 N–H and O–H groups in total. The highest BCUT2D eigenvalue weighted by Crippen LogP contribution is 2.38. The molecule has 126 valence electrons. The van der Waals surface area contributed by atoms with Gasteiger partial charge < -0.3 is 0 Å². The van der Waals surface area contributed by atoms with Gasteiger partial charge in [0.05, 0.1) is 0 Å². The molecular formula is C20H29ClN2. The Kier molecular flexibility index (Phi) is 6.10. The average molecular weight is 333 g/mol. The van der Waals surface area contributed by atoms with Crippen LogP contribution in [0.15, 0.2) is 24.0 Å². The molecule has 1 heterocycles. The molecule has 2 aliphatic rings. The van der Waals surface area contributed by atoms with Gasteiger partial charge in [-0.15, -0.1) is 0 Å². The van der Waals surface area contributed by atoms with E-state index in [0.29, 0.717) is 17.8 Å². The van der Waals surface area contributed by atoms with Crippen molar-refractivity contribution in [3.8, 4) is 0 Å². The van der Waals surface area contributed by atoms with Gasteiger partial charge in [-0.1, -0.05) is 31.0 Å². The van der Waals surface area contributed by atoms with E-state index in [0.717, 1.165) is 11.7 Å². The third kappa shape index (κ3) is 4.35. The van der Waals surface area contributed by atoms with Crippen molar-refractivity contribution < 1.29 is 0 Å². The monoisotopic (exact) mass is 332 g/mol. The second kappa shape index (κ2) is 8.28. The second-order valence-electron chi connectivity index (χ2n) is 7.43. The molecule has 0 aliphatic heterocycles. The van der Waals surface area contributed by atoms with Crippen molar-refractivity contribution in [1.82, 2.24) is 9.97 Å². The van der Waals surface area contributed by atoms with Crippen molar-refractivity contribution in [2.24, 2.45) is 11.8 Å². The zero-order valence-corrected chi connectivity index (χ0v) is 15.0. The van der Waals surface area contributed by atoms with Gasteiger partial charge in [0.1, 0.15) is 5.82 Å². The first-order chi connectivity index (χ1) is 11.3. The smallest absolute Gasteiger partial charge is 0.131 e. The fraction of sp³-hybridized carbons (Fsp3) is 0.700. The van der Waals surface area contributed by atoms with Gasteiger partial charge in [-0.25, -0.2) is 9.97 Å². The summed E-state index contributed by atoms with van der Waals surface area (Å²) >= 11 is 5.69. The highest BCUT2D eigenvalue weighted by atomic mass is 35.5. The first kappa shape index (κ1) is 17.0. The standard InChI is InChI=1S/C20H29ClN2/c1-2-15-3-7-17(8-4-15)19-13-22-20(23-14-19)18-9-5-16(6-10-18)11-12-21/h11-18H,2-10H2,1H3/b12-11+/t15-,16-,17-,18-. The Balaban J connectivity index is 1.55. The van der Waals surface area contributed by atoms with Crippen molar-refractivity contribution in [2.75, 3.05) is 0 Å². The number of allylic oxidation sites excluding steroid dienone is 1. The number of aromatic nitrogens is 2. The summed E-state index contributed by atoms with van der Waals surface area (Å²) in [7, 11) is 0. The second-order valence-corrected chi connectivity index (χ2v) is 7.68. The lowest BCUT2D eigenvalue weighted by molar-refractivity contribution is 0.317. The number of halogens is 1. The van der Waals surface area contributed by atoms with E-state index in [1.807, 2.05) is 0 Å². The molecule has 0 aromatic carbocycles. The summed E-state index contributed by atoms with van der Waals surface area (Å²) in [6, 6.07) is 0. The van der Waals surface area contributed by atoms with Gasteiger partial charge in [0.25, 0.3) is 0 Å². The number of hydrogen-bond donors (Lipinski definition) is 0. The van der Waals surface area contributed by atoms with Gasteiger partial charge in [0.15, 0.2) is 0 Å². The lowest BCUT2D eigenvalue weighted by atomic mass is 9.78. The maximum absolute atomic E-state index is 5.69. The van der Waals surface area contributed by atoms with Crippen molar-refractivity contribution >= 4 is 11.6 Å². The van der Waals surface area contributed by atoms with Gasteiger partial charge in [-0.2, -0.15) is 0 Å². The van der Waals surface area contributed by atoms with Crippen LogP contribution in [0.4, 0.5) is 0 Å². The number of nitrogens with zero attached hydrogens (tertiary/aromatic N) is 2. The maximum Gasteiger partial charge on any atom is 0.131 e. The Bertz CT molecular complexity index is 495. The zero-order chi connectivity index (χ0) is 16.1.